The van der Waals surface area contributed by atoms with E-state index in [-0.39, 0.29) is 11.0 Å². The van der Waals surface area contributed by atoms with Gasteiger partial charge in [-0.05, 0) is 63.8 Å². The predicted molar refractivity (Wildman–Crippen MR) is 159 cm³/mol. The highest BCUT2D eigenvalue weighted by Gasteiger charge is 2.37. The van der Waals surface area contributed by atoms with E-state index in [1.54, 1.807) is 24.3 Å². The maximum Gasteiger partial charge on any atom is 0.406 e. The molecule has 0 aromatic heterocycles. The molecule has 0 saturated heterocycles. The smallest absolute Gasteiger partial charge is 0.305 e. The van der Waals surface area contributed by atoms with Gasteiger partial charge in [0.15, 0.2) is 0 Å². The zero-order valence-corrected chi connectivity index (χ0v) is 24.6. The van der Waals surface area contributed by atoms with Crippen molar-refractivity contribution in [2.24, 2.45) is 0 Å². The summed E-state index contributed by atoms with van der Waals surface area (Å²) in [5.41, 5.74) is 6.39. The molecule has 1 unspecified atom stereocenters. The highest BCUT2D eigenvalue weighted by molar-refractivity contribution is 7.93. The average Bonchev–Trinajstić information content (AvgIpc) is 2.88. The Morgan fingerprint density at radius 1 is 0.579 bits per heavy atom. The minimum atomic E-state index is -3.44. The topological polar surface area (TPSA) is 68.3 Å². The van der Waals surface area contributed by atoms with Crippen molar-refractivity contribution in [2.75, 3.05) is 0 Å². The van der Waals surface area contributed by atoms with Gasteiger partial charge in [-0.3, -0.25) is 4.79 Å². The van der Waals surface area contributed by atoms with Gasteiger partial charge in [-0.1, -0.05) is 101 Å². The van der Waals surface area contributed by atoms with Crippen molar-refractivity contribution in [1.29, 1.82) is 0 Å². The molecule has 0 fully saturated rings. The predicted octanol–water partition coefficient (Wildman–Crippen LogP) is 7.54. The SMILES string of the molecule is Cc1cc(C)c(C(=O)P(=O)(c2ccccc2)c2ccccc2)c(C)c1.Cc1cc(C)c(C(=O)[PH+]=O)c(C)c1. The lowest BCUT2D eigenvalue weighted by Crippen LogP contribution is -2.23. The van der Waals surface area contributed by atoms with Crippen LogP contribution in [0.4, 0.5) is 0 Å². The van der Waals surface area contributed by atoms with Crippen molar-refractivity contribution in [3.8, 4) is 0 Å². The zero-order chi connectivity index (χ0) is 28.0. The Hall–Kier alpha value is -3.45. The van der Waals surface area contributed by atoms with Crippen LogP contribution in [0.1, 0.15) is 54.1 Å². The lowest BCUT2D eigenvalue weighted by atomic mass is 10.0. The van der Waals surface area contributed by atoms with Crippen molar-refractivity contribution in [1.82, 2.24) is 0 Å². The molecule has 0 radical (unpaired) electrons. The Kier molecular flexibility index (Phi) is 9.50. The molecule has 0 aliphatic carbocycles. The molecule has 194 valence electrons. The van der Waals surface area contributed by atoms with Crippen LogP contribution in [-0.4, -0.2) is 11.0 Å². The van der Waals surface area contributed by atoms with Crippen LogP contribution < -0.4 is 10.6 Å². The summed E-state index contributed by atoms with van der Waals surface area (Å²) in [6.45, 7) is 11.5. The van der Waals surface area contributed by atoms with Crippen LogP contribution in [0.2, 0.25) is 0 Å². The van der Waals surface area contributed by atoms with E-state index < -0.39 is 15.6 Å². The fourth-order valence-electron chi connectivity index (χ4n) is 4.92. The van der Waals surface area contributed by atoms with Crippen molar-refractivity contribution < 1.29 is 18.7 Å². The molecule has 0 aliphatic rings. The summed E-state index contributed by atoms with van der Waals surface area (Å²) in [5.74, 6) is 0. The normalized spacial score (nSPS) is 11.0. The third-order valence-corrected chi connectivity index (χ3v) is 9.70. The number of carbonyl (C=O) groups excluding carboxylic acids is 2. The van der Waals surface area contributed by atoms with Crippen LogP contribution in [0.5, 0.6) is 0 Å². The maximum absolute atomic E-state index is 14.2. The van der Waals surface area contributed by atoms with Crippen LogP contribution >= 0.6 is 15.6 Å². The van der Waals surface area contributed by atoms with Crippen LogP contribution in [0.25, 0.3) is 0 Å². The molecule has 4 nitrogen and oxygen atoms in total. The first kappa shape index (κ1) is 29.1. The van der Waals surface area contributed by atoms with Crippen LogP contribution in [0, 0.1) is 41.5 Å². The molecular weight excluding hydrogens is 510 g/mol. The standard InChI is InChI=1S/C22H21O2P.C10H11O2P/c1-16-14-17(2)21(18(3)15-16)22(23)25(24,19-10-6-4-7-11-19)20-12-8-5-9-13-20;1-6-4-7(2)9(8(3)5-6)10(11)13-12/h4-15H,1-3H3;4-5H,1-3H3/p+1. The van der Waals surface area contributed by atoms with E-state index in [0.717, 1.165) is 33.4 Å². The van der Waals surface area contributed by atoms with Gasteiger partial charge in [-0.25, -0.2) is 4.79 Å². The minimum absolute atomic E-state index is 0.282. The average molecular weight is 544 g/mol. The van der Waals surface area contributed by atoms with E-state index in [1.807, 2.05) is 102 Å². The Morgan fingerprint density at radius 2 is 0.921 bits per heavy atom. The summed E-state index contributed by atoms with van der Waals surface area (Å²) < 4.78 is 24.7. The summed E-state index contributed by atoms with van der Waals surface area (Å²) in [4.78, 5) is 24.8. The van der Waals surface area contributed by atoms with Crippen molar-refractivity contribution in [3.63, 3.8) is 0 Å². The van der Waals surface area contributed by atoms with Crippen LogP contribution in [-0.2, 0) is 9.13 Å². The van der Waals surface area contributed by atoms with Gasteiger partial charge in [0.1, 0.15) is 0 Å². The summed E-state index contributed by atoms with van der Waals surface area (Å²) in [6.07, 6.45) is 0. The number of rotatable bonds is 6. The second-order valence-corrected chi connectivity index (χ2v) is 12.9. The fourth-order valence-corrected chi connectivity index (χ4v) is 8.04. The Morgan fingerprint density at radius 3 is 1.26 bits per heavy atom. The molecule has 0 heterocycles. The molecule has 0 amide bonds. The molecule has 6 heteroatoms. The third kappa shape index (κ3) is 6.16. The first-order valence-electron chi connectivity index (χ1n) is 12.3. The van der Waals surface area contributed by atoms with Crippen LogP contribution in [0.15, 0.2) is 84.9 Å². The minimum Gasteiger partial charge on any atom is -0.305 e. The lowest BCUT2D eigenvalue weighted by molar-refractivity contribution is 0.107. The quantitative estimate of drug-likeness (QED) is 0.236. The van der Waals surface area contributed by atoms with E-state index in [9.17, 15) is 18.7 Å². The molecule has 0 N–H and O–H groups in total. The highest BCUT2D eigenvalue weighted by atomic mass is 31.2. The summed E-state index contributed by atoms with van der Waals surface area (Å²) >= 11 is 0. The van der Waals surface area contributed by atoms with Crippen LogP contribution in [0.3, 0.4) is 0 Å². The van der Waals surface area contributed by atoms with E-state index in [4.69, 9.17) is 0 Å². The molecular formula is C32H33O4P2+. The van der Waals surface area contributed by atoms with Gasteiger partial charge >= 0.3 is 14.0 Å². The number of aryl methyl sites for hydroxylation is 6. The van der Waals surface area contributed by atoms with Crippen molar-refractivity contribution in [3.05, 3.63) is 129 Å². The van der Waals surface area contributed by atoms with E-state index in [1.165, 1.54) is 0 Å². The molecule has 38 heavy (non-hydrogen) atoms. The van der Waals surface area contributed by atoms with Gasteiger partial charge in [0.25, 0.3) is 0 Å². The highest BCUT2D eigenvalue weighted by Crippen LogP contribution is 2.47. The number of hydrogen-bond acceptors (Lipinski definition) is 4. The fraction of sp³-hybridized carbons (Fsp3) is 0.188. The number of benzene rings is 4. The molecule has 4 aromatic rings. The van der Waals surface area contributed by atoms with Gasteiger partial charge in [0.2, 0.25) is 12.7 Å². The molecule has 0 spiro atoms. The summed E-state index contributed by atoms with van der Waals surface area (Å²) in [7, 11) is -4.34. The second-order valence-electron chi connectivity index (χ2n) is 9.56. The third-order valence-electron chi connectivity index (χ3n) is 6.41. The molecule has 0 bridgehead atoms. The lowest BCUT2D eigenvalue weighted by Gasteiger charge is -2.20. The zero-order valence-electron chi connectivity index (χ0n) is 22.7. The second kappa shape index (κ2) is 12.4. The molecule has 4 rings (SSSR count). The maximum atomic E-state index is 14.2. The Balaban J connectivity index is 0.000000260. The summed E-state index contributed by atoms with van der Waals surface area (Å²) in [6, 6.07) is 26.0. The first-order valence-corrected chi connectivity index (χ1v) is 15.0. The molecule has 0 saturated carbocycles. The monoisotopic (exact) mass is 543 g/mol. The van der Waals surface area contributed by atoms with Gasteiger partial charge < -0.3 is 4.57 Å². The van der Waals surface area contributed by atoms with E-state index in [2.05, 4.69) is 0 Å². The van der Waals surface area contributed by atoms with E-state index >= 15 is 0 Å². The largest absolute Gasteiger partial charge is 0.406 e. The Bertz CT molecular complexity index is 1450. The molecule has 1 atom stereocenters. The number of carbonyl (C=O) groups is 2. The van der Waals surface area contributed by atoms with Gasteiger partial charge in [0.05, 0.1) is 5.56 Å². The number of hydrogen-bond donors (Lipinski definition) is 0. The van der Waals surface area contributed by atoms with Crippen molar-refractivity contribution in [2.45, 2.75) is 41.5 Å². The molecule has 4 aromatic carbocycles. The van der Waals surface area contributed by atoms with Gasteiger partial charge in [-0.2, -0.15) is 0 Å². The van der Waals surface area contributed by atoms with Crippen molar-refractivity contribution >= 4 is 37.3 Å². The molecule has 0 aliphatic heterocycles. The first-order chi connectivity index (χ1) is 18.0. The van der Waals surface area contributed by atoms with Gasteiger partial charge in [0, 0.05) is 16.2 Å². The van der Waals surface area contributed by atoms with E-state index in [0.29, 0.717) is 21.7 Å². The summed E-state index contributed by atoms with van der Waals surface area (Å²) in [5, 5.41) is 1.15. The Labute approximate surface area is 226 Å². The van der Waals surface area contributed by atoms with Gasteiger partial charge in [-0.15, -0.1) is 0 Å².